The maximum absolute atomic E-state index is 12.2. The predicted octanol–water partition coefficient (Wildman–Crippen LogP) is 1.82. The van der Waals surface area contributed by atoms with E-state index in [0.29, 0.717) is 17.6 Å². The van der Waals surface area contributed by atoms with Gasteiger partial charge >= 0.3 is 5.69 Å². The minimum atomic E-state index is -0.192. The van der Waals surface area contributed by atoms with Crippen molar-refractivity contribution in [3.63, 3.8) is 0 Å². The van der Waals surface area contributed by atoms with E-state index in [-0.39, 0.29) is 11.6 Å². The SMILES string of the molecule is CCc1nc(CNC(=O)c2ccc3c(c2)[nH]c(=O)n3C)cs1. The Kier molecular flexibility index (Phi) is 3.81. The van der Waals surface area contributed by atoms with E-state index in [1.165, 1.54) is 4.57 Å². The molecule has 2 heterocycles. The fourth-order valence-electron chi connectivity index (χ4n) is 2.24. The molecule has 0 aliphatic rings. The number of aryl methyl sites for hydroxylation is 2. The molecule has 22 heavy (non-hydrogen) atoms. The summed E-state index contributed by atoms with van der Waals surface area (Å²) in [5, 5.41) is 5.86. The van der Waals surface area contributed by atoms with E-state index in [4.69, 9.17) is 0 Å². The number of H-pyrrole nitrogens is 1. The van der Waals surface area contributed by atoms with Crippen LogP contribution in [0.4, 0.5) is 0 Å². The first-order chi connectivity index (χ1) is 10.6. The first-order valence-corrected chi connectivity index (χ1v) is 7.86. The lowest BCUT2D eigenvalue weighted by Gasteiger charge is -2.04. The third-order valence-electron chi connectivity index (χ3n) is 3.50. The van der Waals surface area contributed by atoms with E-state index in [0.717, 1.165) is 22.6 Å². The molecule has 6 nitrogen and oxygen atoms in total. The molecule has 0 saturated heterocycles. The number of imidazole rings is 1. The summed E-state index contributed by atoms with van der Waals surface area (Å²) >= 11 is 1.60. The second-order valence-electron chi connectivity index (χ2n) is 4.99. The number of nitrogens with one attached hydrogen (secondary N) is 2. The quantitative estimate of drug-likeness (QED) is 0.770. The number of hydrogen-bond donors (Lipinski definition) is 2. The van der Waals surface area contributed by atoms with Crippen LogP contribution < -0.4 is 11.0 Å². The fourth-order valence-corrected chi connectivity index (χ4v) is 2.99. The van der Waals surface area contributed by atoms with Crippen molar-refractivity contribution in [1.82, 2.24) is 19.9 Å². The molecule has 0 radical (unpaired) electrons. The van der Waals surface area contributed by atoms with Gasteiger partial charge in [0.25, 0.3) is 5.91 Å². The van der Waals surface area contributed by atoms with Gasteiger partial charge in [0.05, 0.1) is 28.3 Å². The molecule has 1 amide bonds. The third kappa shape index (κ3) is 2.67. The highest BCUT2D eigenvalue weighted by molar-refractivity contribution is 7.09. The summed E-state index contributed by atoms with van der Waals surface area (Å²) in [5.41, 5.74) is 2.61. The maximum atomic E-state index is 12.2. The van der Waals surface area contributed by atoms with Gasteiger partial charge in [-0.3, -0.25) is 9.36 Å². The van der Waals surface area contributed by atoms with Crippen molar-refractivity contribution in [3.05, 3.63) is 50.3 Å². The first kappa shape index (κ1) is 14.5. The molecule has 0 saturated carbocycles. The van der Waals surface area contributed by atoms with E-state index in [9.17, 15) is 9.59 Å². The van der Waals surface area contributed by atoms with Crippen LogP contribution in [-0.4, -0.2) is 20.4 Å². The van der Waals surface area contributed by atoms with Crippen molar-refractivity contribution in [3.8, 4) is 0 Å². The number of aromatic nitrogens is 3. The number of amides is 1. The van der Waals surface area contributed by atoms with Gasteiger partial charge in [-0.15, -0.1) is 11.3 Å². The number of thiazole rings is 1. The van der Waals surface area contributed by atoms with E-state index in [1.807, 2.05) is 5.38 Å². The van der Waals surface area contributed by atoms with Gasteiger partial charge in [-0.2, -0.15) is 0 Å². The molecule has 3 aromatic rings. The number of carbonyl (C=O) groups is 1. The zero-order chi connectivity index (χ0) is 15.7. The second kappa shape index (κ2) is 5.76. The molecule has 0 atom stereocenters. The number of hydrogen-bond acceptors (Lipinski definition) is 4. The topological polar surface area (TPSA) is 79.8 Å². The van der Waals surface area contributed by atoms with E-state index >= 15 is 0 Å². The van der Waals surface area contributed by atoms with Crippen LogP contribution in [0.5, 0.6) is 0 Å². The molecule has 7 heteroatoms. The molecule has 0 aliphatic carbocycles. The number of aromatic amines is 1. The van der Waals surface area contributed by atoms with E-state index in [2.05, 4.69) is 22.2 Å². The molecular weight excluding hydrogens is 300 g/mol. The Balaban J connectivity index is 1.75. The van der Waals surface area contributed by atoms with E-state index < -0.39 is 0 Å². The van der Waals surface area contributed by atoms with Gasteiger partial charge in [-0.05, 0) is 24.6 Å². The third-order valence-corrected chi connectivity index (χ3v) is 4.54. The molecule has 0 bridgehead atoms. The fraction of sp³-hybridized carbons (Fsp3) is 0.267. The highest BCUT2D eigenvalue weighted by atomic mass is 32.1. The molecule has 2 N–H and O–H groups in total. The summed E-state index contributed by atoms with van der Waals surface area (Å²) in [6.45, 7) is 2.45. The Labute approximate surface area is 130 Å². The van der Waals surface area contributed by atoms with Crippen LogP contribution in [0.25, 0.3) is 11.0 Å². The van der Waals surface area contributed by atoms with Crippen molar-refractivity contribution < 1.29 is 4.79 Å². The number of carbonyl (C=O) groups excluding carboxylic acids is 1. The van der Waals surface area contributed by atoms with E-state index in [1.54, 1.807) is 36.6 Å². The molecule has 0 fully saturated rings. The minimum Gasteiger partial charge on any atom is -0.346 e. The van der Waals surface area contributed by atoms with Gasteiger partial charge in [-0.25, -0.2) is 9.78 Å². The first-order valence-electron chi connectivity index (χ1n) is 6.98. The molecule has 0 unspecified atom stereocenters. The van der Waals surface area contributed by atoms with Crippen LogP contribution in [0.3, 0.4) is 0 Å². The Morgan fingerprint density at radius 1 is 1.45 bits per heavy atom. The molecule has 1 aromatic carbocycles. The number of nitrogens with zero attached hydrogens (tertiary/aromatic N) is 2. The van der Waals surface area contributed by atoms with Gasteiger partial charge in [0.1, 0.15) is 0 Å². The zero-order valence-electron chi connectivity index (χ0n) is 12.3. The predicted molar refractivity (Wildman–Crippen MR) is 86.2 cm³/mol. The molecular formula is C15H16N4O2S. The largest absolute Gasteiger partial charge is 0.346 e. The van der Waals surface area contributed by atoms with Gasteiger partial charge in [0.2, 0.25) is 0 Å². The highest BCUT2D eigenvalue weighted by Crippen LogP contribution is 2.13. The average molecular weight is 316 g/mol. The van der Waals surface area contributed by atoms with Crippen LogP contribution in [0, 0.1) is 0 Å². The van der Waals surface area contributed by atoms with Crippen molar-refractivity contribution >= 4 is 28.3 Å². The smallest absolute Gasteiger partial charge is 0.326 e. The summed E-state index contributed by atoms with van der Waals surface area (Å²) in [4.78, 5) is 30.9. The maximum Gasteiger partial charge on any atom is 0.326 e. The van der Waals surface area contributed by atoms with Crippen LogP contribution in [0.2, 0.25) is 0 Å². The molecule has 3 rings (SSSR count). The normalized spacial score (nSPS) is 11.0. The van der Waals surface area contributed by atoms with Crippen LogP contribution in [0.1, 0.15) is 28.0 Å². The van der Waals surface area contributed by atoms with Crippen LogP contribution >= 0.6 is 11.3 Å². The lowest BCUT2D eigenvalue weighted by molar-refractivity contribution is 0.0950. The second-order valence-corrected chi connectivity index (χ2v) is 5.93. The minimum absolute atomic E-state index is 0.183. The summed E-state index contributed by atoms with van der Waals surface area (Å²) < 4.78 is 1.51. The van der Waals surface area contributed by atoms with Gasteiger partial charge in [-0.1, -0.05) is 6.92 Å². The standard InChI is InChI=1S/C15H16N4O2S/c1-3-13-17-10(8-22-13)7-16-14(20)9-4-5-12-11(6-9)18-15(21)19(12)2/h4-6,8H,3,7H2,1-2H3,(H,16,20)(H,18,21). The lowest BCUT2D eigenvalue weighted by atomic mass is 10.2. The molecule has 0 spiro atoms. The number of fused-ring (bicyclic) bond motifs is 1. The summed E-state index contributed by atoms with van der Waals surface area (Å²) in [6.07, 6.45) is 0.899. The molecule has 2 aromatic heterocycles. The molecule has 0 aliphatic heterocycles. The summed E-state index contributed by atoms with van der Waals surface area (Å²) in [5.74, 6) is -0.183. The Bertz CT molecular complexity index is 890. The average Bonchev–Trinajstić information content (AvgIpc) is 3.10. The summed E-state index contributed by atoms with van der Waals surface area (Å²) in [6, 6.07) is 5.16. The Hall–Kier alpha value is -2.41. The van der Waals surface area contributed by atoms with Crippen molar-refractivity contribution in [2.45, 2.75) is 19.9 Å². The van der Waals surface area contributed by atoms with Gasteiger partial charge in [0.15, 0.2) is 0 Å². The Morgan fingerprint density at radius 2 is 2.27 bits per heavy atom. The highest BCUT2D eigenvalue weighted by Gasteiger charge is 2.10. The zero-order valence-corrected chi connectivity index (χ0v) is 13.2. The lowest BCUT2D eigenvalue weighted by Crippen LogP contribution is -2.22. The summed E-state index contributed by atoms with van der Waals surface area (Å²) in [7, 11) is 1.69. The Morgan fingerprint density at radius 3 is 3.00 bits per heavy atom. The molecule has 114 valence electrons. The van der Waals surface area contributed by atoms with Gasteiger partial charge < -0.3 is 10.3 Å². The monoisotopic (exact) mass is 316 g/mol. The van der Waals surface area contributed by atoms with Crippen molar-refractivity contribution in [1.29, 1.82) is 0 Å². The van der Waals surface area contributed by atoms with Crippen LogP contribution in [0.15, 0.2) is 28.4 Å². The number of benzene rings is 1. The van der Waals surface area contributed by atoms with Crippen LogP contribution in [-0.2, 0) is 20.0 Å². The van der Waals surface area contributed by atoms with Crippen molar-refractivity contribution in [2.75, 3.05) is 0 Å². The van der Waals surface area contributed by atoms with Gasteiger partial charge in [0, 0.05) is 18.0 Å². The van der Waals surface area contributed by atoms with Crippen molar-refractivity contribution in [2.24, 2.45) is 7.05 Å². The number of rotatable bonds is 4.